The monoisotopic (exact) mass is 417 g/mol. The summed E-state index contributed by atoms with van der Waals surface area (Å²) in [4.78, 5) is 17.1. The van der Waals surface area contributed by atoms with E-state index in [-0.39, 0.29) is 5.91 Å². The van der Waals surface area contributed by atoms with Crippen LogP contribution in [-0.2, 0) is 16.1 Å². The van der Waals surface area contributed by atoms with E-state index in [0.717, 1.165) is 47.3 Å². The van der Waals surface area contributed by atoms with E-state index in [2.05, 4.69) is 23.9 Å². The maximum absolute atomic E-state index is 12.9. The van der Waals surface area contributed by atoms with Crippen molar-refractivity contribution < 1.29 is 14.1 Å². The second-order valence-corrected chi connectivity index (χ2v) is 8.91. The summed E-state index contributed by atoms with van der Waals surface area (Å²) in [6.45, 7) is 7.53. The van der Waals surface area contributed by atoms with Crippen LogP contribution in [0, 0.1) is 5.92 Å². The molecule has 29 heavy (non-hydrogen) atoms. The zero-order chi connectivity index (χ0) is 20.6. The highest BCUT2D eigenvalue weighted by Crippen LogP contribution is 2.33. The van der Waals surface area contributed by atoms with Gasteiger partial charge < -0.3 is 19.1 Å². The molecule has 0 N–H and O–H groups in total. The average Bonchev–Trinajstić information content (AvgIpc) is 3.15. The maximum Gasteiger partial charge on any atom is 0.232 e. The van der Waals surface area contributed by atoms with Crippen molar-refractivity contribution in [3.05, 3.63) is 35.9 Å². The van der Waals surface area contributed by atoms with Crippen molar-refractivity contribution in [2.45, 2.75) is 26.8 Å². The topological polar surface area (TPSA) is 58.8 Å². The molecule has 1 saturated heterocycles. The lowest BCUT2D eigenvalue weighted by Gasteiger charge is -2.28. The maximum atomic E-state index is 12.9. The molecule has 0 spiro atoms. The van der Waals surface area contributed by atoms with Crippen LogP contribution in [0.25, 0.3) is 11.3 Å². The van der Waals surface area contributed by atoms with Gasteiger partial charge in [-0.2, -0.15) is 11.8 Å². The first-order chi connectivity index (χ1) is 14.1. The van der Waals surface area contributed by atoms with Gasteiger partial charge in [0.15, 0.2) is 0 Å². The molecule has 0 saturated carbocycles. The lowest BCUT2D eigenvalue weighted by molar-refractivity contribution is -0.133. The summed E-state index contributed by atoms with van der Waals surface area (Å²) in [5.74, 6) is 3.38. The van der Waals surface area contributed by atoms with Gasteiger partial charge >= 0.3 is 0 Å². The first-order valence-corrected chi connectivity index (χ1v) is 11.4. The highest BCUT2D eigenvalue weighted by atomic mass is 32.2. The van der Waals surface area contributed by atoms with E-state index in [1.807, 2.05) is 47.0 Å². The Kier molecular flexibility index (Phi) is 8.00. The SMILES string of the molecule is COCCN(Cc1c(-c2ccccc2)noc1N1CCSCC1)C(=O)CC(C)C. The Hall–Kier alpha value is -1.99. The number of carbonyl (C=O) groups is 1. The Morgan fingerprint density at radius 3 is 2.66 bits per heavy atom. The van der Waals surface area contributed by atoms with E-state index in [9.17, 15) is 4.79 Å². The fourth-order valence-corrected chi connectivity index (χ4v) is 4.35. The van der Waals surface area contributed by atoms with Gasteiger partial charge in [-0.05, 0) is 5.92 Å². The first-order valence-electron chi connectivity index (χ1n) is 10.2. The number of hydrogen-bond acceptors (Lipinski definition) is 6. The van der Waals surface area contributed by atoms with Gasteiger partial charge in [-0.25, -0.2) is 0 Å². The fraction of sp³-hybridized carbons (Fsp3) is 0.545. The Morgan fingerprint density at radius 1 is 1.28 bits per heavy atom. The molecular formula is C22H31N3O3S. The molecule has 0 aliphatic carbocycles. The van der Waals surface area contributed by atoms with Gasteiger partial charge in [-0.1, -0.05) is 49.3 Å². The molecule has 0 atom stereocenters. The number of carbonyl (C=O) groups excluding carboxylic acids is 1. The molecule has 0 radical (unpaired) electrons. The highest BCUT2D eigenvalue weighted by Gasteiger charge is 2.27. The highest BCUT2D eigenvalue weighted by molar-refractivity contribution is 7.99. The lowest BCUT2D eigenvalue weighted by Crippen LogP contribution is -2.36. The Labute approximate surface area is 177 Å². The summed E-state index contributed by atoms with van der Waals surface area (Å²) in [5.41, 5.74) is 2.81. The van der Waals surface area contributed by atoms with E-state index in [0.29, 0.717) is 32.0 Å². The minimum atomic E-state index is 0.136. The number of ether oxygens (including phenoxy) is 1. The van der Waals surface area contributed by atoms with Crippen molar-refractivity contribution in [3.8, 4) is 11.3 Å². The van der Waals surface area contributed by atoms with Crippen LogP contribution in [0.4, 0.5) is 5.88 Å². The zero-order valence-corrected chi connectivity index (χ0v) is 18.4. The third kappa shape index (κ3) is 5.76. The Bertz CT molecular complexity index is 773. The van der Waals surface area contributed by atoms with Crippen LogP contribution in [-0.4, -0.2) is 60.8 Å². The summed E-state index contributed by atoms with van der Waals surface area (Å²) in [5, 5.41) is 4.42. The van der Waals surface area contributed by atoms with E-state index < -0.39 is 0 Å². The molecule has 7 heteroatoms. The number of aromatic nitrogens is 1. The molecule has 6 nitrogen and oxygen atoms in total. The number of hydrogen-bond donors (Lipinski definition) is 0. The number of anilines is 1. The summed E-state index contributed by atoms with van der Waals surface area (Å²) < 4.78 is 11.1. The van der Waals surface area contributed by atoms with Gasteiger partial charge in [0.05, 0.1) is 18.7 Å². The second kappa shape index (κ2) is 10.7. The van der Waals surface area contributed by atoms with Gasteiger partial charge in [0.25, 0.3) is 0 Å². The molecule has 3 rings (SSSR count). The van der Waals surface area contributed by atoms with Crippen molar-refractivity contribution in [1.82, 2.24) is 10.1 Å². The van der Waals surface area contributed by atoms with Crippen molar-refractivity contribution in [2.75, 3.05) is 49.8 Å². The predicted molar refractivity (Wildman–Crippen MR) is 118 cm³/mol. The first kappa shape index (κ1) is 21.7. The Morgan fingerprint density at radius 2 is 2.00 bits per heavy atom. The van der Waals surface area contributed by atoms with Crippen LogP contribution in [0.5, 0.6) is 0 Å². The van der Waals surface area contributed by atoms with E-state index in [1.165, 1.54) is 0 Å². The lowest BCUT2D eigenvalue weighted by atomic mass is 10.1. The number of benzene rings is 1. The van der Waals surface area contributed by atoms with Crippen molar-refractivity contribution in [1.29, 1.82) is 0 Å². The van der Waals surface area contributed by atoms with Gasteiger partial charge in [-0.15, -0.1) is 0 Å². The summed E-state index contributed by atoms with van der Waals surface area (Å²) in [7, 11) is 1.66. The standard InChI is InChI=1S/C22H31N3O3S/c1-17(2)15-20(26)25(9-12-27-3)16-19-21(18-7-5-4-6-8-18)23-28-22(19)24-10-13-29-14-11-24/h4-8,17H,9-16H2,1-3H3. The molecule has 2 aromatic rings. The van der Waals surface area contributed by atoms with Crippen LogP contribution in [0.15, 0.2) is 34.9 Å². The molecule has 2 heterocycles. The van der Waals surface area contributed by atoms with Gasteiger partial charge in [0.2, 0.25) is 11.8 Å². The van der Waals surface area contributed by atoms with Gasteiger partial charge in [-0.3, -0.25) is 4.79 Å². The quantitative estimate of drug-likeness (QED) is 0.616. The van der Waals surface area contributed by atoms with Crippen LogP contribution in [0.2, 0.25) is 0 Å². The van der Waals surface area contributed by atoms with Crippen LogP contribution in [0.1, 0.15) is 25.8 Å². The third-order valence-corrected chi connectivity index (χ3v) is 5.91. The second-order valence-electron chi connectivity index (χ2n) is 7.69. The fourth-order valence-electron chi connectivity index (χ4n) is 3.44. The summed E-state index contributed by atoms with van der Waals surface area (Å²) in [6, 6.07) is 10.1. The molecule has 1 aliphatic heterocycles. The molecule has 1 aromatic carbocycles. The number of thioether (sulfide) groups is 1. The molecule has 1 fully saturated rings. The van der Waals surface area contributed by atoms with E-state index in [4.69, 9.17) is 9.26 Å². The van der Waals surface area contributed by atoms with Gasteiger partial charge in [0.1, 0.15) is 5.69 Å². The summed E-state index contributed by atoms with van der Waals surface area (Å²) in [6.07, 6.45) is 0.519. The minimum Gasteiger partial charge on any atom is -0.383 e. The van der Waals surface area contributed by atoms with E-state index >= 15 is 0 Å². The molecule has 158 valence electrons. The Balaban J connectivity index is 1.94. The molecule has 1 aliphatic rings. The van der Waals surface area contributed by atoms with Crippen molar-refractivity contribution in [3.63, 3.8) is 0 Å². The molecular weight excluding hydrogens is 386 g/mol. The number of rotatable bonds is 9. The molecule has 0 bridgehead atoms. The number of nitrogens with zero attached hydrogens (tertiary/aromatic N) is 3. The zero-order valence-electron chi connectivity index (χ0n) is 17.6. The molecule has 1 amide bonds. The number of methoxy groups -OCH3 is 1. The summed E-state index contributed by atoms with van der Waals surface area (Å²) >= 11 is 1.95. The average molecular weight is 418 g/mol. The third-order valence-electron chi connectivity index (χ3n) is 4.96. The largest absolute Gasteiger partial charge is 0.383 e. The van der Waals surface area contributed by atoms with E-state index in [1.54, 1.807) is 7.11 Å². The van der Waals surface area contributed by atoms with Gasteiger partial charge in [0, 0.05) is 50.2 Å². The molecule has 0 unspecified atom stereocenters. The smallest absolute Gasteiger partial charge is 0.232 e. The van der Waals surface area contributed by atoms with Crippen LogP contribution in [0.3, 0.4) is 0 Å². The van der Waals surface area contributed by atoms with Crippen molar-refractivity contribution >= 4 is 23.6 Å². The minimum absolute atomic E-state index is 0.136. The van der Waals surface area contributed by atoms with Crippen LogP contribution >= 0.6 is 11.8 Å². The predicted octanol–water partition coefficient (Wildman–Crippen LogP) is 3.92. The normalized spacial score (nSPS) is 14.4. The molecule has 1 aromatic heterocycles. The van der Waals surface area contributed by atoms with Crippen molar-refractivity contribution in [2.24, 2.45) is 5.92 Å². The number of amides is 1. The van der Waals surface area contributed by atoms with Crippen LogP contribution < -0.4 is 4.90 Å².